The summed E-state index contributed by atoms with van der Waals surface area (Å²) >= 11 is 0. The van der Waals surface area contributed by atoms with E-state index in [2.05, 4.69) is 11.4 Å². The molecule has 0 aliphatic heterocycles. The summed E-state index contributed by atoms with van der Waals surface area (Å²) in [6, 6.07) is 21.5. The molecule has 1 unspecified atom stereocenters. The highest BCUT2D eigenvalue weighted by Crippen LogP contribution is 2.35. The first-order valence-electron chi connectivity index (χ1n) is 11.1. The first kappa shape index (κ1) is 22.9. The maximum absolute atomic E-state index is 13.4. The highest BCUT2D eigenvalue weighted by molar-refractivity contribution is 7.92. The van der Waals surface area contributed by atoms with Gasteiger partial charge in [0.15, 0.2) is 0 Å². The van der Waals surface area contributed by atoms with Crippen molar-refractivity contribution in [1.82, 2.24) is 0 Å². The van der Waals surface area contributed by atoms with Gasteiger partial charge >= 0.3 is 0 Å². The van der Waals surface area contributed by atoms with Crippen LogP contribution in [0.4, 0.5) is 11.4 Å². The number of hydrogen-bond acceptors (Lipinski definition) is 4. The predicted octanol–water partition coefficient (Wildman–Crippen LogP) is 4.97. The van der Waals surface area contributed by atoms with E-state index in [1.54, 1.807) is 37.3 Å². The summed E-state index contributed by atoms with van der Waals surface area (Å²) in [7, 11) is -2.34. The topological polar surface area (TPSA) is 75.7 Å². The molecule has 3 aromatic carbocycles. The maximum Gasteiger partial charge on any atom is 0.264 e. The number of rotatable bonds is 7. The molecular weight excluding hydrogens is 436 g/mol. The van der Waals surface area contributed by atoms with E-state index in [1.165, 1.54) is 29.1 Å². The molecule has 0 fully saturated rings. The lowest BCUT2D eigenvalue weighted by Gasteiger charge is -2.26. The molecule has 0 bridgehead atoms. The smallest absolute Gasteiger partial charge is 0.264 e. The molecule has 1 aliphatic carbocycles. The van der Waals surface area contributed by atoms with Crippen molar-refractivity contribution in [3.63, 3.8) is 0 Å². The van der Waals surface area contributed by atoms with Gasteiger partial charge < -0.3 is 10.1 Å². The number of methoxy groups -OCH3 is 1. The van der Waals surface area contributed by atoms with Crippen molar-refractivity contribution in [2.24, 2.45) is 0 Å². The van der Waals surface area contributed by atoms with Crippen LogP contribution in [0, 0.1) is 0 Å². The molecule has 4 rings (SSSR count). The molecule has 7 heteroatoms. The fourth-order valence-corrected chi connectivity index (χ4v) is 5.90. The zero-order chi connectivity index (χ0) is 23.4. The minimum absolute atomic E-state index is 0.0911. The van der Waals surface area contributed by atoms with Crippen molar-refractivity contribution in [2.45, 2.75) is 37.0 Å². The molecule has 172 valence electrons. The Kier molecular flexibility index (Phi) is 6.70. The minimum Gasteiger partial charge on any atom is -0.495 e. The van der Waals surface area contributed by atoms with Crippen molar-refractivity contribution < 1.29 is 17.9 Å². The molecule has 1 aliphatic rings. The van der Waals surface area contributed by atoms with Gasteiger partial charge in [-0.1, -0.05) is 42.5 Å². The van der Waals surface area contributed by atoms with Crippen molar-refractivity contribution in [1.29, 1.82) is 0 Å². The summed E-state index contributed by atoms with van der Waals surface area (Å²) in [4.78, 5) is 13.3. The Hall–Kier alpha value is -3.32. The number of ether oxygens (including phenoxy) is 1. The van der Waals surface area contributed by atoms with Gasteiger partial charge in [-0.05, 0) is 67.6 Å². The minimum atomic E-state index is -3.83. The number of amides is 1. The fraction of sp³-hybridized carbons (Fsp3) is 0.269. The van der Waals surface area contributed by atoms with Crippen molar-refractivity contribution in [2.75, 3.05) is 23.3 Å². The molecule has 1 amide bonds. The molecule has 0 radical (unpaired) electrons. The van der Waals surface area contributed by atoms with Gasteiger partial charge in [-0.15, -0.1) is 0 Å². The fourth-order valence-electron chi connectivity index (χ4n) is 4.40. The van der Waals surface area contributed by atoms with Crippen LogP contribution in [0.3, 0.4) is 0 Å². The summed E-state index contributed by atoms with van der Waals surface area (Å²) < 4.78 is 33.6. The molecule has 0 aromatic heterocycles. The van der Waals surface area contributed by atoms with Gasteiger partial charge in [0.25, 0.3) is 10.0 Å². The highest BCUT2D eigenvalue weighted by atomic mass is 32.2. The van der Waals surface area contributed by atoms with E-state index in [0.717, 1.165) is 24.8 Å². The maximum atomic E-state index is 13.4. The quantitative estimate of drug-likeness (QED) is 0.536. The van der Waals surface area contributed by atoms with Gasteiger partial charge in [0.1, 0.15) is 5.75 Å². The van der Waals surface area contributed by atoms with Gasteiger partial charge in [-0.2, -0.15) is 0 Å². The molecule has 0 saturated heterocycles. The van der Waals surface area contributed by atoms with E-state index in [0.29, 0.717) is 17.1 Å². The number of hydrogen-bond donors (Lipinski definition) is 1. The van der Waals surface area contributed by atoms with Gasteiger partial charge in [0, 0.05) is 6.54 Å². The van der Waals surface area contributed by atoms with Crippen LogP contribution in [0.25, 0.3) is 0 Å². The first-order valence-corrected chi connectivity index (χ1v) is 12.5. The Balaban J connectivity index is 1.66. The van der Waals surface area contributed by atoms with Gasteiger partial charge in [0.2, 0.25) is 5.91 Å². The summed E-state index contributed by atoms with van der Waals surface area (Å²) in [6.45, 7) is 2.07. The van der Waals surface area contributed by atoms with Crippen LogP contribution in [0.5, 0.6) is 5.75 Å². The van der Waals surface area contributed by atoms with Crippen molar-refractivity contribution in [3.8, 4) is 5.75 Å². The summed E-state index contributed by atoms with van der Waals surface area (Å²) in [6.07, 6.45) is 2.65. The second-order valence-corrected chi connectivity index (χ2v) is 9.86. The number of fused-ring (bicyclic) bond motifs is 1. The van der Waals surface area contributed by atoms with E-state index in [-0.39, 0.29) is 23.3 Å². The van der Waals surface area contributed by atoms with E-state index in [1.807, 2.05) is 24.3 Å². The molecule has 1 atom stereocenters. The Bertz CT molecular complexity index is 1240. The van der Waals surface area contributed by atoms with Crippen molar-refractivity contribution in [3.05, 3.63) is 83.9 Å². The standard InChI is InChI=1S/C26H28N2O4S/c1-3-28(20-12-5-4-6-13-20)33(30,31)21-16-17-25(32-2)24(18-21)27-26(29)23-15-9-11-19-10-7-8-14-22(19)23/h4-8,10,12-14,16-18,23H,3,9,11,15H2,1-2H3,(H,27,29). The van der Waals surface area contributed by atoms with E-state index in [4.69, 9.17) is 4.74 Å². The van der Waals surface area contributed by atoms with Crippen LogP contribution in [-0.2, 0) is 21.2 Å². The average molecular weight is 465 g/mol. The Morgan fingerprint density at radius 1 is 1.06 bits per heavy atom. The Labute approximate surface area is 195 Å². The van der Waals surface area contributed by atoms with Gasteiger partial charge in [-0.3, -0.25) is 9.10 Å². The van der Waals surface area contributed by atoms with Crippen LogP contribution < -0.4 is 14.4 Å². The van der Waals surface area contributed by atoms with E-state index >= 15 is 0 Å². The van der Waals surface area contributed by atoms with E-state index < -0.39 is 10.0 Å². The van der Waals surface area contributed by atoms with E-state index in [9.17, 15) is 13.2 Å². The van der Waals surface area contributed by atoms with Crippen LogP contribution >= 0.6 is 0 Å². The third-order valence-electron chi connectivity index (χ3n) is 6.03. The lowest BCUT2D eigenvalue weighted by atomic mass is 9.82. The lowest BCUT2D eigenvalue weighted by molar-refractivity contribution is -0.117. The molecule has 3 aromatic rings. The molecule has 0 saturated carbocycles. The average Bonchev–Trinajstić information content (AvgIpc) is 2.84. The molecule has 1 N–H and O–H groups in total. The number of carbonyl (C=O) groups is 1. The third kappa shape index (κ3) is 4.59. The second kappa shape index (κ2) is 9.67. The SMILES string of the molecule is CCN(c1ccccc1)S(=O)(=O)c1ccc(OC)c(NC(=O)C2CCCc3ccccc32)c1. The Morgan fingerprint density at radius 2 is 1.79 bits per heavy atom. The zero-order valence-electron chi connectivity index (χ0n) is 18.8. The Morgan fingerprint density at radius 3 is 2.52 bits per heavy atom. The molecule has 33 heavy (non-hydrogen) atoms. The number of aryl methyl sites for hydroxylation is 1. The lowest BCUT2D eigenvalue weighted by Crippen LogP contribution is -2.31. The second-order valence-electron chi connectivity index (χ2n) is 8.00. The van der Waals surface area contributed by atoms with Crippen LogP contribution in [0.15, 0.2) is 77.7 Å². The number of nitrogens with zero attached hydrogens (tertiary/aromatic N) is 1. The van der Waals surface area contributed by atoms with Gasteiger partial charge in [0.05, 0.1) is 29.3 Å². The summed E-state index contributed by atoms with van der Waals surface area (Å²) in [5, 5.41) is 2.93. The molecule has 0 heterocycles. The van der Waals surface area contributed by atoms with Crippen molar-refractivity contribution >= 4 is 27.3 Å². The number of benzene rings is 3. The molecule has 0 spiro atoms. The van der Waals surface area contributed by atoms with Crippen LogP contribution in [0.2, 0.25) is 0 Å². The summed E-state index contributed by atoms with van der Waals surface area (Å²) in [5.74, 6) is -0.0315. The van der Waals surface area contributed by atoms with Crippen LogP contribution in [0.1, 0.15) is 36.8 Å². The first-order chi connectivity index (χ1) is 16.0. The number of sulfonamides is 1. The monoisotopic (exact) mass is 464 g/mol. The van der Waals surface area contributed by atoms with Crippen LogP contribution in [-0.4, -0.2) is 28.0 Å². The summed E-state index contributed by atoms with van der Waals surface area (Å²) in [5.41, 5.74) is 3.15. The number of nitrogens with one attached hydrogen (secondary N) is 1. The number of anilines is 2. The molecular formula is C26H28N2O4S. The predicted molar refractivity (Wildman–Crippen MR) is 130 cm³/mol. The normalized spacial score (nSPS) is 15.4. The molecule has 6 nitrogen and oxygen atoms in total. The zero-order valence-corrected chi connectivity index (χ0v) is 19.6. The highest BCUT2D eigenvalue weighted by Gasteiger charge is 2.28. The third-order valence-corrected chi connectivity index (χ3v) is 7.93. The van der Waals surface area contributed by atoms with Gasteiger partial charge in [-0.25, -0.2) is 8.42 Å². The number of carbonyl (C=O) groups excluding carboxylic acids is 1. The largest absolute Gasteiger partial charge is 0.495 e. The number of para-hydroxylation sites is 1.